The Balaban J connectivity index is 2.18. The van der Waals surface area contributed by atoms with Crippen LogP contribution in [-0.2, 0) is 0 Å². The molecular weight excluding hydrogens is 228 g/mol. The molecule has 0 spiro atoms. The molecule has 18 heavy (non-hydrogen) atoms. The second-order valence-electron chi connectivity index (χ2n) is 4.62. The van der Waals surface area contributed by atoms with Crippen molar-refractivity contribution in [3.8, 4) is 5.75 Å². The second-order valence-corrected chi connectivity index (χ2v) is 4.62. The van der Waals surface area contributed by atoms with Crippen LogP contribution in [0.4, 0.5) is 0 Å². The van der Waals surface area contributed by atoms with E-state index in [0.29, 0.717) is 5.56 Å². The summed E-state index contributed by atoms with van der Waals surface area (Å²) in [6.45, 7) is 4.70. The fourth-order valence-electron chi connectivity index (χ4n) is 2.24. The first-order chi connectivity index (χ1) is 8.72. The summed E-state index contributed by atoms with van der Waals surface area (Å²) < 4.78 is 5.16. The monoisotopic (exact) mass is 248 g/mol. The summed E-state index contributed by atoms with van der Waals surface area (Å²) >= 11 is 0. The lowest BCUT2D eigenvalue weighted by molar-refractivity contribution is 0.0704. The minimum absolute atomic E-state index is 0.0881. The number of nitrogens with one attached hydrogen (secondary N) is 1. The lowest BCUT2D eigenvalue weighted by Gasteiger charge is -2.27. The van der Waals surface area contributed by atoms with Crippen LogP contribution in [-0.4, -0.2) is 43.6 Å². The number of methoxy groups -OCH3 is 1. The fourth-order valence-corrected chi connectivity index (χ4v) is 2.24. The summed E-state index contributed by atoms with van der Waals surface area (Å²) in [6, 6.07) is 7.62. The molecule has 2 rings (SSSR count). The predicted molar refractivity (Wildman–Crippen MR) is 71.0 cm³/mol. The van der Waals surface area contributed by atoms with Gasteiger partial charge in [0.15, 0.2) is 0 Å². The van der Waals surface area contributed by atoms with E-state index in [1.54, 1.807) is 13.2 Å². The SMILES string of the molecule is COc1cccc(C(=O)N2CCNCCC2C)c1. The van der Waals surface area contributed by atoms with Gasteiger partial charge in [-0.15, -0.1) is 0 Å². The summed E-state index contributed by atoms with van der Waals surface area (Å²) in [5.74, 6) is 0.812. The molecule has 1 aliphatic rings. The van der Waals surface area contributed by atoms with Crippen molar-refractivity contribution in [3.63, 3.8) is 0 Å². The van der Waals surface area contributed by atoms with Gasteiger partial charge in [-0.1, -0.05) is 6.07 Å². The van der Waals surface area contributed by atoms with Crippen LogP contribution in [0.1, 0.15) is 23.7 Å². The van der Waals surface area contributed by atoms with E-state index in [1.165, 1.54) is 0 Å². The molecule has 1 aromatic rings. The molecule has 4 heteroatoms. The topological polar surface area (TPSA) is 41.6 Å². The number of carbonyl (C=O) groups excluding carboxylic acids is 1. The average Bonchev–Trinajstić information content (AvgIpc) is 2.62. The third kappa shape index (κ3) is 2.82. The molecule has 1 unspecified atom stereocenters. The molecule has 1 saturated heterocycles. The highest BCUT2D eigenvalue weighted by Gasteiger charge is 2.22. The summed E-state index contributed by atoms with van der Waals surface area (Å²) in [4.78, 5) is 14.4. The van der Waals surface area contributed by atoms with Gasteiger partial charge in [0.05, 0.1) is 7.11 Å². The van der Waals surface area contributed by atoms with Gasteiger partial charge in [0, 0.05) is 24.7 Å². The Labute approximate surface area is 108 Å². The van der Waals surface area contributed by atoms with Crippen molar-refractivity contribution in [2.75, 3.05) is 26.7 Å². The molecule has 1 aromatic carbocycles. The average molecular weight is 248 g/mol. The first-order valence-electron chi connectivity index (χ1n) is 6.38. The minimum atomic E-state index is 0.0881. The molecule has 98 valence electrons. The molecule has 0 aromatic heterocycles. The quantitative estimate of drug-likeness (QED) is 0.862. The number of ether oxygens (including phenoxy) is 1. The number of amides is 1. The molecule has 1 fully saturated rings. The maximum absolute atomic E-state index is 12.5. The molecule has 1 N–H and O–H groups in total. The van der Waals surface area contributed by atoms with E-state index >= 15 is 0 Å². The zero-order chi connectivity index (χ0) is 13.0. The molecule has 1 aliphatic heterocycles. The largest absolute Gasteiger partial charge is 0.497 e. The van der Waals surface area contributed by atoms with Gasteiger partial charge < -0.3 is 15.0 Å². The summed E-state index contributed by atoms with van der Waals surface area (Å²) in [5.41, 5.74) is 0.697. The highest BCUT2D eigenvalue weighted by Crippen LogP contribution is 2.17. The fraction of sp³-hybridized carbons (Fsp3) is 0.500. The van der Waals surface area contributed by atoms with E-state index in [2.05, 4.69) is 12.2 Å². The smallest absolute Gasteiger partial charge is 0.254 e. The summed E-state index contributed by atoms with van der Waals surface area (Å²) in [7, 11) is 1.61. The summed E-state index contributed by atoms with van der Waals surface area (Å²) in [5, 5.41) is 3.32. The molecular formula is C14H20N2O2. The molecule has 0 aliphatic carbocycles. The van der Waals surface area contributed by atoms with Crippen molar-refractivity contribution in [2.24, 2.45) is 0 Å². The first kappa shape index (κ1) is 12.9. The van der Waals surface area contributed by atoms with Gasteiger partial charge in [-0.3, -0.25) is 4.79 Å². The van der Waals surface area contributed by atoms with Crippen molar-refractivity contribution in [3.05, 3.63) is 29.8 Å². The van der Waals surface area contributed by atoms with E-state index in [9.17, 15) is 4.79 Å². The number of nitrogens with zero attached hydrogens (tertiary/aromatic N) is 1. The van der Waals surface area contributed by atoms with Crippen LogP contribution >= 0.6 is 0 Å². The maximum Gasteiger partial charge on any atom is 0.254 e. The van der Waals surface area contributed by atoms with Crippen LogP contribution < -0.4 is 10.1 Å². The zero-order valence-corrected chi connectivity index (χ0v) is 11.0. The van der Waals surface area contributed by atoms with Gasteiger partial charge in [-0.2, -0.15) is 0 Å². The first-order valence-corrected chi connectivity index (χ1v) is 6.38. The Morgan fingerprint density at radius 2 is 2.28 bits per heavy atom. The van der Waals surface area contributed by atoms with Crippen molar-refractivity contribution in [2.45, 2.75) is 19.4 Å². The lowest BCUT2D eigenvalue weighted by atomic mass is 10.1. The number of carbonyl (C=O) groups is 1. The molecule has 1 atom stereocenters. The van der Waals surface area contributed by atoms with E-state index in [1.807, 2.05) is 23.1 Å². The van der Waals surface area contributed by atoms with Crippen molar-refractivity contribution in [1.29, 1.82) is 0 Å². The van der Waals surface area contributed by atoms with Gasteiger partial charge in [-0.25, -0.2) is 0 Å². The second kappa shape index (κ2) is 5.87. The Kier molecular flexibility index (Phi) is 4.20. The van der Waals surface area contributed by atoms with Crippen LogP contribution in [0.15, 0.2) is 24.3 Å². The highest BCUT2D eigenvalue weighted by molar-refractivity contribution is 5.94. The number of rotatable bonds is 2. The number of benzene rings is 1. The predicted octanol–water partition coefficient (Wildman–Crippen LogP) is 1.52. The molecule has 1 amide bonds. The van der Waals surface area contributed by atoms with Crippen LogP contribution in [0, 0.1) is 0 Å². The van der Waals surface area contributed by atoms with E-state index < -0.39 is 0 Å². The third-order valence-electron chi connectivity index (χ3n) is 3.38. The molecule has 4 nitrogen and oxygen atoms in total. The summed E-state index contributed by atoms with van der Waals surface area (Å²) in [6.07, 6.45) is 0.996. The molecule has 1 heterocycles. The van der Waals surface area contributed by atoms with E-state index in [0.717, 1.165) is 31.8 Å². The Bertz CT molecular complexity index is 420. The van der Waals surface area contributed by atoms with E-state index in [4.69, 9.17) is 4.74 Å². The Hall–Kier alpha value is -1.55. The number of hydrogen-bond donors (Lipinski definition) is 1. The Morgan fingerprint density at radius 1 is 1.44 bits per heavy atom. The van der Waals surface area contributed by atoms with E-state index in [-0.39, 0.29) is 11.9 Å². The molecule has 0 saturated carbocycles. The van der Waals surface area contributed by atoms with Crippen molar-refractivity contribution >= 4 is 5.91 Å². The van der Waals surface area contributed by atoms with Crippen LogP contribution in [0.2, 0.25) is 0 Å². The third-order valence-corrected chi connectivity index (χ3v) is 3.38. The van der Waals surface area contributed by atoms with Gasteiger partial charge in [0.1, 0.15) is 5.75 Å². The maximum atomic E-state index is 12.5. The van der Waals surface area contributed by atoms with Crippen molar-refractivity contribution < 1.29 is 9.53 Å². The molecule has 0 radical (unpaired) electrons. The highest BCUT2D eigenvalue weighted by atomic mass is 16.5. The lowest BCUT2D eigenvalue weighted by Crippen LogP contribution is -2.39. The van der Waals surface area contributed by atoms with Gasteiger partial charge >= 0.3 is 0 Å². The standard InChI is InChI=1S/C14H20N2O2/c1-11-6-7-15-8-9-16(11)14(17)12-4-3-5-13(10-12)18-2/h3-5,10-11,15H,6-9H2,1-2H3. The van der Waals surface area contributed by atoms with Gasteiger partial charge in [-0.05, 0) is 38.1 Å². The van der Waals surface area contributed by atoms with Crippen LogP contribution in [0.25, 0.3) is 0 Å². The van der Waals surface area contributed by atoms with Crippen LogP contribution in [0.5, 0.6) is 5.75 Å². The van der Waals surface area contributed by atoms with Crippen molar-refractivity contribution in [1.82, 2.24) is 10.2 Å². The molecule has 0 bridgehead atoms. The van der Waals surface area contributed by atoms with Crippen LogP contribution in [0.3, 0.4) is 0 Å². The normalized spacial score (nSPS) is 20.3. The minimum Gasteiger partial charge on any atom is -0.497 e. The number of hydrogen-bond acceptors (Lipinski definition) is 3. The van der Waals surface area contributed by atoms with Gasteiger partial charge in [0.2, 0.25) is 0 Å². The van der Waals surface area contributed by atoms with Gasteiger partial charge in [0.25, 0.3) is 5.91 Å². The Morgan fingerprint density at radius 3 is 3.06 bits per heavy atom. The zero-order valence-electron chi connectivity index (χ0n) is 11.0.